The number of hydrogen-bond donors (Lipinski definition) is 1. The molecule has 0 aliphatic heterocycles. The first-order valence-electron chi connectivity index (χ1n) is 9.41. The second-order valence-electron chi connectivity index (χ2n) is 7.49. The first-order chi connectivity index (χ1) is 13.6. The highest BCUT2D eigenvalue weighted by atomic mass is 32.2. The molecule has 0 atom stereocenters. The van der Waals surface area contributed by atoms with E-state index in [9.17, 15) is 13.2 Å². The van der Waals surface area contributed by atoms with Crippen molar-refractivity contribution in [3.8, 4) is 0 Å². The van der Waals surface area contributed by atoms with Crippen LogP contribution in [0.4, 0.5) is 5.13 Å². The van der Waals surface area contributed by atoms with E-state index in [4.69, 9.17) is 0 Å². The Labute approximate surface area is 175 Å². The molecule has 8 heteroatoms. The zero-order valence-electron chi connectivity index (χ0n) is 17.1. The van der Waals surface area contributed by atoms with Gasteiger partial charge in [-0.05, 0) is 65.0 Å². The molecule has 3 rings (SSSR count). The Bertz CT molecular complexity index is 1130. The minimum Gasteiger partial charge on any atom is -0.298 e. The van der Waals surface area contributed by atoms with E-state index < -0.39 is 10.0 Å². The summed E-state index contributed by atoms with van der Waals surface area (Å²) < 4.78 is 28.4. The minimum absolute atomic E-state index is 0.151. The van der Waals surface area contributed by atoms with Crippen LogP contribution in [0.2, 0.25) is 0 Å². The summed E-state index contributed by atoms with van der Waals surface area (Å²) in [6, 6.07) is 11.8. The molecule has 0 bridgehead atoms. The molecule has 0 unspecified atom stereocenters. The van der Waals surface area contributed by atoms with E-state index in [-0.39, 0.29) is 22.9 Å². The maximum Gasteiger partial charge on any atom is 0.257 e. The highest BCUT2D eigenvalue weighted by Crippen LogP contribution is 2.30. The fourth-order valence-corrected chi connectivity index (χ4v) is 6.10. The molecule has 1 amide bonds. The zero-order chi connectivity index (χ0) is 21.3. The lowest BCUT2D eigenvalue weighted by Crippen LogP contribution is -2.41. The van der Waals surface area contributed by atoms with E-state index in [1.54, 1.807) is 30.3 Å². The summed E-state index contributed by atoms with van der Waals surface area (Å²) in [7, 11) is -3.63. The standard InChI is InChI=1S/C21H25N3O3S2/c1-13(2)24(14(3)4)29(26,27)17-10-11-18-19(12-17)28-21(22-18)23-20(25)16-8-6-15(5)7-9-16/h6-14H,1-5H3,(H,22,23,25). The van der Waals surface area contributed by atoms with E-state index in [1.807, 2.05) is 46.8 Å². The van der Waals surface area contributed by atoms with Crippen LogP contribution in [-0.2, 0) is 10.0 Å². The second-order valence-corrected chi connectivity index (χ2v) is 10.4. The summed E-state index contributed by atoms with van der Waals surface area (Å²) in [5, 5.41) is 3.23. The molecule has 1 heterocycles. The minimum atomic E-state index is -3.63. The molecule has 29 heavy (non-hydrogen) atoms. The maximum absolute atomic E-state index is 13.1. The van der Waals surface area contributed by atoms with Gasteiger partial charge in [-0.1, -0.05) is 29.0 Å². The van der Waals surface area contributed by atoms with Gasteiger partial charge in [0.15, 0.2) is 5.13 Å². The van der Waals surface area contributed by atoms with E-state index in [2.05, 4.69) is 10.3 Å². The van der Waals surface area contributed by atoms with Gasteiger partial charge in [-0.25, -0.2) is 13.4 Å². The van der Waals surface area contributed by atoms with Gasteiger partial charge in [0.25, 0.3) is 5.91 Å². The zero-order valence-corrected chi connectivity index (χ0v) is 18.8. The van der Waals surface area contributed by atoms with Gasteiger partial charge in [0.2, 0.25) is 10.0 Å². The average Bonchev–Trinajstić information content (AvgIpc) is 3.02. The largest absolute Gasteiger partial charge is 0.298 e. The molecule has 0 aliphatic carbocycles. The Hall–Kier alpha value is -2.29. The number of fused-ring (bicyclic) bond motifs is 1. The van der Waals surface area contributed by atoms with Crippen LogP contribution in [0.15, 0.2) is 47.4 Å². The number of rotatable bonds is 6. The molecule has 0 saturated carbocycles. The number of benzene rings is 2. The molecule has 1 aromatic heterocycles. The summed E-state index contributed by atoms with van der Waals surface area (Å²) >= 11 is 1.26. The molecule has 0 fully saturated rings. The average molecular weight is 432 g/mol. The predicted octanol–water partition coefficient (Wildman–Crippen LogP) is 4.66. The third kappa shape index (κ3) is 4.49. The van der Waals surface area contributed by atoms with Gasteiger partial charge in [-0.3, -0.25) is 10.1 Å². The van der Waals surface area contributed by atoms with Gasteiger partial charge in [-0.2, -0.15) is 4.31 Å². The first-order valence-corrected chi connectivity index (χ1v) is 11.7. The number of sulfonamides is 1. The highest BCUT2D eigenvalue weighted by Gasteiger charge is 2.29. The van der Waals surface area contributed by atoms with Crippen molar-refractivity contribution in [1.82, 2.24) is 9.29 Å². The van der Waals surface area contributed by atoms with Gasteiger partial charge < -0.3 is 0 Å². The monoisotopic (exact) mass is 431 g/mol. The number of aryl methyl sites for hydroxylation is 1. The number of thiazole rings is 1. The number of hydrogen-bond acceptors (Lipinski definition) is 5. The van der Waals surface area contributed by atoms with Crippen molar-refractivity contribution in [2.45, 2.75) is 51.6 Å². The third-order valence-electron chi connectivity index (χ3n) is 4.49. The fourth-order valence-electron chi connectivity index (χ4n) is 3.27. The van der Waals surface area contributed by atoms with E-state index in [0.717, 1.165) is 5.56 Å². The molecular weight excluding hydrogens is 406 g/mol. The fraction of sp³-hybridized carbons (Fsp3) is 0.333. The first kappa shape index (κ1) is 21.4. The van der Waals surface area contributed by atoms with Gasteiger partial charge in [0.05, 0.1) is 15.1 Å². The number of amides is 1. The molecule has 2 aromatic carbocycles. The lowest BCUT2D eigenvalue weighted by Gasteiger charge is -2.29. The van der Waals surface area contributed by atoms with Crippen molar-refractivity contribution in [1.29, 1.82) is 0 Å². The van der Waals surface area contributed by atoms with Crippen molar-refractivity contribution >= 4 is 42.6 Å². The van der Waals surface area contributed by atoms with Crippen LogP contribution in [0.1, 0.15) is 43.6 Å². The van der Waals surface area contributed by atoms with Crippen LogP contribution < -0.4 is 5.32 Å². The molecule has 0 saturated heterocycles. The number of nitrogens with one attached hydrogen (secondary N) is 1. The summed E-state index contributed by atoms with van der Waals surface area (Å²) in [5.41, 5.74) is 2.27. The Kier molecular flexibility index (Phi) is 6.07. The van der Waals surface area contributed by atoms with Crippen LogP contribution in [0.25, 0.3) is 10.2 Å². The Morgan fingerprint density at radius 1 is 1.03 bits per heavy atom. The summed E-state index contributed by atoms with van der Waals surface area (Å²) in [4.78, 5) is 17.1. The van der Waals surface area contributed by atoms with Crippen LogP contribution in [0.3, 0.4) is 0 Å². The van der Waals surface area contributed by atoms with Crippen LogP contribution in [0, 0.1) is 6.92 Å². The molecule has 154 valence electrons. The molecule has 0 radical (unpaired) electrons. The molecule has 6 nitrogen and oxygen atoms in total. The number of anilines is 1. The smallest absolute Gasteiger partial charge is 0.257 e. The SMILES string of the molecule is Cc1ccc(C(=O)Nc2nc3ccc(S(=O)(=O)N(C(C)C)C(C)C)cc3s2)cc1. The molecule has 3 aromatic rings. The highest BCUT2D eigenvalue weighted by molar-refractivity contribution is 7.89. The summed E-state index contributed by atoms with van der Waals surface area (Å²) in [6.07, 6.45) is 0. The molecule has 0 spiro atoms. The summed E-state index contributed by atoms with van der Waals surface area (Å²) in [5.74, 6) is -0.248. The maximum atomic E-state index is 13.1. The van der Waals surface area contributed by atoms with E-state index >= 15 is 0 Å². The van der Waals surface area contributed by atoms with Crippen LogP contribution in [-0.4, -0.2) is 35.7 Å². The number of carbonyl (C=O) groups is 1. The topological polar surface area (TPSA) is 79.4 Å². The van der Waals surface area contributed by atoms with Crippen LogP contribution in [0.5, 0.6) is 0 Å². The van der Waals surface area contributed by atoms with Gasteiger partial charge >= 0.3 is 0 Å². The number of nitrogens with zero attached hydrogens (tertiary/aromatic N) is 2. The van der Waals surface area contributed by atoms with E-state index in [0.29, 0.717) is 20.9 Å². The van der Waals surface area contributed by atoms with Crippen molar-refractivity contribution in [3.63, 3.8) is 0 Å². The van der Waals surface area contributed by atoms with Crippen molar-refractivity contribution in [3.05, 3.63) is 53.6 Å². The molecule has 1 N–H and O–H groups in total. The lowest BCUT2D eigenvalue weighted by atomic mass is 10.1. The van der Waals surface area contributed by atoms with Crippen molar-refractivity contribution < 1.29 is 13.2 Å². The normalized spacial score (nSPS) is 12.3. The molecular formula is C21H25N3O3S2. The van der Waals surface area contributed by atoms with Gasteiger partial charge in [0.1, 0.15) is 0 Å². The summed E-state index contributed by atoms with van der Waals surface area (Å²) in [6.45, 7) is 9.41. The third-order valence-corrected chi connectivity index (χ3v) is 7.67. The van der Waals surface area contributed by atoms with Crippen molar-refractivity contribution in [2.24, 2.45) is 0 Å². The van der Waals surface area contributed by atoms with E-state index in [1.165, 1.54) is 15.6 Å². The second kappa shape index (κ2) is 8.22. The van der Waals surface area contributed by atoms with Gasteiger partial charge in [-0.15, -0.1) is 0 Å². The Morgan fingerprint density at radius 3 is 2.24 bits per heavy atom. The lowest BCUT2D eigenvalue weighted by molar-refractivity contribution is 0.102. The predicted molar refractivity (Wildman–Crippen MR) is 118 cm³/mol. The number of aromatic nitrogens is 1. The van der Waals surface area contributed by atoms with Gasteiger partial charge in [0, 0.05) is 17.6 Å². The Balaban J connectivity index is 1.90. The quantitative estimate of drug-likeness (QED) is 0.615. The number of carbonyl (C=O) groups excluding carboxylic acids is 1. The van der Waals surface area contributed by atoms with Crippen LogP contribution >= 0.6 is 11.3 Å². The Morgan fingerprint density at radius 2 is 1.66 bits per heavy atom. The van der Waals surface area contributed by atoms with Crippen molar-refractivity contribution in [2.75, 3.05) is 5.32 Å². The molecule has 0 aliphatic rings.